The molecule has 0 aliphatic carbocycles. The summed E-state index contributed by atoms with van der Waals surface area (Å²) in [6.07, 6.45) is -4.41. The molecule has 0 radical (unpaired) electrons. The molecule has 1 aliphatic heterocycles. The molecule has 0 aromatic carbocycles. The summed E-state index contributed by atoms with van der Waals surface area (Å²) in [5.74, 6) is -1.99. The molecule has 2 unspecified atom stereocenters. The molecule has 0 amide bonds. The van der Waals surface area contributed by atoms with Gasteiger partial charge in [-0.2, -0.15) is 13.2 Å². The van der Waals surface area contributed by atoms with E-state index in [1.165, 1.54) is 0 Å². The van der Waals surface area contributed by atoms with Crippen LogP contribution in [0.2, 0.25) is 0 Å². The Bertz CT molecular complexity index is 230. The van der Waals surface area contributed by atoms with Gasteiger partial charge in [0.15, 0.2) is 0 Å². The average molecular weight is 225 g/mol. The molecule has 15 heavy (non-hydrogen) atoms. The lowest BCUT2D eigenvalue weighted by Gasteiger charge is -2.30. The van der Waals surface area contributed by atoms with Crippen molar-refractivity contribution >= 4 is 5.97 Å². The number of ether oxygens (including phenoxy) is 1. The van der Waals surface area contributed by atoms with Crippen LogP contribution in [0.15, 0.2) is 0 Å². The molecule has 2 atom stereocenters. The van der Waals surface area contributed by atoms with Crippen molar-refractivity contribution in [3.8, 4) is 0 Å². The Morgan fingerprint density at radius 3 is 2.73 bits per heavy atom. The molecule has 1 fully saturated rings. The Morgan fingerprint density at radius 2 is 2.20 bits per heavy atom. The van der Waals surface area contributed by atoms with Crippen LogP contribution in [0, 0.1) is 5.92 Å². The van der Waals surface area contributed by atoms with Crippen LogP contribution in [-0.4, -0.2) is 31.3 Å². The third kappa shape index (κ3) is 3.37. The number of esters is 1. The summed E-state index contributed by atoms with van der Waals surface area (Å²) in [6, 6.07) is -0.815. The van der Waals surface area contributed by atoms with E-state index in [9.17, 15) is 18.0 Å². The number of alkyl halides is 3. The number of nitrogens with one attached hydrogen (secondary N) is 1. The number of carbonyl (C=O) groups is 1. The Labute approximate surface area is 86.0 Å². The van der Waals surface area contributed by atoms with E-state index in [0.717, 1.165) is 0 Å². The van der Waals surface area contributed by atoms with Gasteiger partial charge in [-0.3, -0.25) is 4.79 Å². The maximum atomic E-state index is 12.4. The molecule has 88 valence electrons. The highest BCUT2D eigenvalue weighted by Crippen LogP contribution is 2.34. The molecule has 0 spiro atoms. The summed E-state index contributed by atoms with van der Waals surface area (Å²) in [5.41, 5.74) is 0. The second kappa shape index (κ2) is 4.83. The van der Waals surface area contributed by atoms with Gasteiger partial charge in [0.25, 0.3) is 0 Å². The lowest BCUT2D eigenvalue weighted by molar-refractivity contribution is -0.185. The maximum absolute atomic E-state index is 12.4. The van der Waals surface area contributed by atoms with Gasteiger partial charge < -0.3 is 10.1 Å². The van der Waals surface area contributed by atoms with E-state index < -0.39 is 24.1 Å². The van der Waals surface area contributed by atoms with E-state index in [1.54, 1.807) is 6.92 Å². The predicted octanol–water partition coefficient (Wildman–Crippen LogP) is 1.48. The molecule has 0 saturated carbocycles. The van der Waals surface area contributed by atoms with Crippen molar-refractivity contribution in [2.24, 2.45) is 5.92 Å². The van der Waals surface area contributed by atoms with Crippen molar-refractivity contribution in [1.82, 2.24) is 5.32 Å². The van der Waals surface area contributed by atoms with Crippen LogP contribution < -0.4 is 5.32 Å². The zero-order valence-corrected chi connectivity index (χ0v) is 8.43. The van der Waals surface area contributed by atoms with Crippen molar-refractivity contribution in [2.45, 2.75) is 32.0 Å². The van der Waals surface area contributed by atoms with Crippen molar-refractivity contribution in [2.75, 3.05) is 13.2 Å². The number of piperidine rings is 1. The van der Waals surface area contributed by atoms with Crippen LogP contribution in [0.3, 0.4) is 0 Å². The third-order valence-corrected chi connectivity index (χ3v) is 2.44. The van der Waals surface area contributed by atoms with Crippen LogP contribution in [0.5, 0.6) is 0 Å². The standard InChI is InChI=1S/C9H14F3NO2/c1-2-15-8(14)7-5-6(3-4-13-7)9(10,11)12/h6-7,13H,2-5H2,1H3. The van der Waals surface area contributed by atoms with Crippen molar-refractivity contribution < 1.29 is 22.7 Å². The summed E-state index contributed by atoms with van der Waals surface area (Å²) in [4.78, 5) is 11.2. The van der Waals surface area contributed by atoms with Gasteiger partial charge in [-0.1, -0.05) is 0 Å². The van der Waals surface area contributed by atoms with E-state index in [0.29, 0.717) is 0 Å². The van der Waals surface area contributed by atoms with E-state index in [-0.39, 0.29) is 26.0 Å². The number of rotatable bonds is 2. The molecule has 1 aliphatic rings. The monoisotopic (exact) mass is 225 g/mol. The van der Waals surface area contributed by atoms with Gasteiger partial charge in [0, 0.05) is 0 Å². The summed E-state index contributed by atoms with van der Waals surface area (Å²) in [5, 5.41) is 2.73. The maximum Gasteiger partial charge on any atom is 0.391 e. The van der Waals surface area contributed by atoms with Crippen LogP contribution in [0.4, 0.5) is 13.2 Å². The number of hydrogen-bond acceptors (Lipinski definition) is 3. The zero-order chi connectivity index (χ0) is 11.5. The van der Waals surface area contributed by atoms with Gasteiger partial charge in [-0.05, 0) is 26.3 Å². The first kappa shape index (κ1) is 12.3. The highest BCUT2D eigenvalue weighted by molar-refractivity contribution is 5.75. The first-order valence-electron chi connectivity index (χ1n) is 4.92. The summed E-state index contributed by atoms with van der Waals surface area (Å²) < 4.78 is 41.8. The summed E-state index contributed by atoms with van der Waals surface area (Å²) >= 11 is 0. The fourth-order valence-corrected chi connectivity index (χ4v) is 1.64. The number of halogens is 3. The summed E-state index contributed by atoms with van der Waals surface area (Å²) in [6.45, 7) is 2.02. The van der Waals surface area contributed by atoms with Gasteiger partial charge >= 0.3 is 12.1 Å². The Kier molecular flexibility index (Phi) is 3.96. The Morgan fingerprint density at radius 1 is 1.53 bits per heavy atom. The quantitative estimate of drug-likeness (QED) is 0.723. The molecule has 0 bridgehead atoms. The molecule has 0 aromatic rings. The molecular formula is C9H14F3NO2. The molecule has 6 heteroatoms. The molecule has 1 rings (SSSR count). The van der Waals surface area contributed by atoms with Crippen molar-refractivity contribution in [3.05, 3.63) is 0 Å². The minimum atomic E-state index is -4.22. The summed E-state index contributed by atoms with van der Waals surface area (Å²) in [7, 11) is 0. The van der Waals surface area contributed by atoms with Crippen LogP contribution in [0.1, 0.15) is 19.8 Å². The normalized spacial score (nSPS) is 27.5. The SMILES string of the molecule is CCOC(=O)C1CC(C(F)(F)F)CCN1. The number of carbonyl (C=O) groups excluding carboxylic acids is 1. The number of hydrogen-bond donors (Lipinski definition) is 1. The van der Waals surface area contributed by atoms with Crippen molar-refractivity contribution in [1.29, 1.82) is 0 Å². The Hall–Kier alpha value is -0.780. The van der Waals surface area contributed by atoms with Crippen LogP contribution in [0.25, 0.3) is 0 Å². The van der Waals surface area contributed by atoms with E-state index in [2.05, 4.69) is 10.1 Å². The molecular weight excluding hydrogens is 211 g/mol. The van der Waals surface area contributed by atoms with E-state index >= 15 is 0 Å². The van der Waals surface area contributed by atoms with Gasteiger partial charge in [0.1, 0.15) is 6.04 Å². The fourth-order valence-electron chi connectivity index (χ4n) is 1.64. The molecule has 1 saturated heterocycles. The van der Waals surface area contributed by atoms with Gasteiger partial charge in [0.2, 0.25) is 0 Å². The molecule has 3 nitrogen and oxygen atoms in total. The fraction of sp³-hybridized carbons (Fsp3) is 0.889. The topological polar surface area (TPSA) is 38.3 Å². The molecule has 0 aromatic heterocycles. The molecule has 1 heterocycles. The first-order valence-corrected chi connectivity index (χ1v) is 4.92. The van der Waals surface area contributed by atoms with Gasteiger partial charge in [0.05, 0.1) is 12.5 Å². The predicted molar refractivity (Wildman–Crippen MR) is 47.2 cm³/mol. The second-order valence-electron chi connectivity index (χ2n) is 3.52. The first-order chi connectivity index (χ1) is 6.95. The van der Waals surface area contributed by atoms with Gasteiger partial charge in [-0.25, -0.2) is 0 Å². The van der Waals surface area contributed by atoms with Crippen LogP contribution >= 0.6 is 0 Å². The lowest BCUT2D eigenvalue weighted by atomic mass is 9.92. The van der Waals surface area contributed by atoms with Gasteiger partial charge in [-0.15, -0.1) is 0 Å². The average Bonchev–Trinajstić information content (AvgIpc) is 2.17. The minimum absolute atomic E-state index is 0.0272. The highest BCUT2D eigenvalue weighted by Gasteiger charge is 2.43. The smallest absolute Gasteiger partial charge is 0.391 e. The Balaban J connectivity index is 2.52. The largest absolute Gasteiger partial charge is 0.465 e. The van der Waals surface area contributed by atoms with Crippen molar-refractivity contribution in [3.63, 3.8) is 0 Å². The minimum Gasteiger partial charge on any atom is -0.465 e. The molecule has 1 N–H and O–H groups in total. The van der Waals surface area contributed by atoms with E-state index in [1.807, 2.05) is 0 Å². The zero-order valence-electron chi connectivity index (χ0n) is 8.43. The third-order valence-electron chi connectivity index (χ3n) is 2.44. The van der Waals surface area contributed by atoms with E-state index in [4.69, 9.17) is 0 Å². The van der Waals surface area contributed by atoms with Crippen LogP contribution in [-0.2, 0) is 9.53 Å². The lowest BCUT2D eigenvalue weighted by Crippen LogP contribution is -2.47. The highest BCUT2D eigenvalue weighted by atomic mass is 19.4. The second-order valence-corrected chi connectivity index (χ2v) is 3.52.